The lowest BCUT2D eigenvalue weighted by molar-refractivity contribution is -0.114. The lowest BCUT2D eigenvalue weighted by Gasteiger charge is -2.10. The van der Waals surface area contributed by atoms with Crippen molar-refractivity contribution >= 4 is 35.0 Å². The van der Waals surface area contributed by atoms with E-state index in [-0.39, 0.29) is 35.2 Å². The van der Waals surface area contributed by atoms with Gasteiger partial charge in [-0.2, -0.15) is 0 Å². The van der Waals surface area contributed by atoms with Crippen LogP contribution in [0.3, 0.4) is 0 Å². The highest BCUT2D eigenvalue weighted by molar-refractivity contribution is 7.99. The number of hydrogen-bond acceptors (Lipinski definition) is 8. The molecule has 1 aromatic heterocycles. The highest BCUT2D eigenvalue weighted by Gasteiger charge is 2.16. The van der Waals surface area contributed by atoms with Crippen LogP contribution in [0.5, 0.6) is 11.5 Å². The first-order chi connectivity index (χ1) is 15.4. The summed E-state index contributed by atoms with van der Waals surface area (Å²) in [5.41, 5.74) is 1.99. The fourth-order valence-electron chi connectivity index (χ4n) is 3.02. The number of thioether (sulfide) groups is 1. The Balaban J connectivity index is 1.44. The standard InChI is InChI=1S/C21H19N5O5S/c1-11-3-5-15(22-12(2)27)14(7-11)19-20(29)24-21(26-25-19)32-9-18(28)23-13-4-6-16-17(8-13)31-10-30-16/h3-8H,9-10H2,1-2H3,(H,22,27)(H,23,28)(H,24,26,29). The molecule has 3 aromatic rings. The summed E-state index contributed by atoms with van der Waals surface area (Å²) in [6, 6.07) is 10.4. The molecule has 1 aliphatic rings. The minimum atomic E-state index is -0.476. The summed E-state index contributed by atoms with van der Waals surface area (Å²) in [5.74, 6) is 0.656. The van der Waals surface area contributed by atoms with Gasteiger partial charge in [-0.05, 0) is 31.2 Å². The van der Waals surface area contributed by atoms with Crippen LogP contribution in [0.4, 0.5) is 11.4 Å². The van der Waals surface area contributed by atoms with Gasteiger partial charge < -0.3 is 20.1 Å². The molecular weight excluding hydrogens is 434 g/mol. The molecule has 0 aliphatic carbocycles. The average molecular weight is 453 g/mol. The van der Waals surface area contributed by atoms with Crippen molar-refractivity contribution in [3.8, 4) is 22.8 Å². The zero-order chi connectivity index (χ0) is 22.7. The lowest BCUT2D eigenvalue weighted by atomic mass is 10.1. The largest absolute Gasteiger partial charge is 0.454 e. The number of aromatic nitrogens is 3. The number of aryl methyl sites for hydroxylation is 1. The molecule has 2 heterocycles. The molecule has 0 unspecified atom stereocenters. The maximum absolute atomic E-state index is 12.6. The van der Waals surface area contributed by atoms with Crippen molar-refractivity contribution in [2.24, 2.45) is 0 Å². The van der Waals surface area contributed by atoms with E-state index in [1.165, 1.54) is 6.92 Å². The number of ether oxygens (including phenoxy) is 2. The minimum absolute atomic E-state index is 0.0139. The number of nitrogens with one attached hydrogen (secondary N) is 3. The Morgan fingerprint density at radius 1 is 1.09 bits per heavy atom. The molecule has 11 heteroatoms. The Kier molecular flexibility index (Phi) is 6.08. The number of amides is 2. The third-order valence-corrected chi connectivity index (χ3v) is 5.28. The number of carbonyl (C=O) groups is 2. The number of nitrogens with zero attached hydrogens (tertiary/aromatic N) is 2. The van der Waals surface area contributed by atoms with E-state index in [9.17, 15) is 14.4 Å². The van der Waals surface area contributed by atoms with Gasteiger partial charge in [-0.25, -0.2) is 0 Å². The Bertz CT molecular complexity index is 1260. The predicted molar refractivity (Wildman–Crippen MR) is 119 cm³/mol. The quantitative estimate of drug-likeness (QED) is 0.485. The van der Waals surface area contributed by atoms with Crippen molar-refractivity contribution in [2.45, 2.75) is 19.0 Å². The number of aromatic amines is 1. The third-order valence-electron chi connectivity index (χ3n) is 4.41. The van der Waals surface area contributed by atoms with Gasteiger partial charge in [0, 0.05) is 24.2 Å². The monoisotopic (exact) mass is 453 g/mol. The Hall–Kier alpha value is -3.86. The summed E-state index contributed by atoms with van der Waals surface area (Å²) in [7, 11) is 0. The number of H-pyrrole nitrogens is 1. The molecule has 164 valence electrons. The van der Waals surface area contributed by atoms with Crippen LogP contribution >= 0.6 is 11.8 Å². The molecule has 4 rings (SSSR count). The number of anilines is 2. The van der Waals surface area contributed by atoms with Crippen molar-refractivity contribution in [2.75, 3.05) is 23.2 Å². The molecule has 1 aliphatic heterocycles. The molecule has 32 heavy (non-hydrogen) atoms. The van der Waals surface area contributed by atoms with Crippen molar-refractivity contribution in [1.82, 2.24) is 15.2 Å². The first-order valence-corrected chi connectivity index (χ1v) is 10.6. The van der Waals surface area contributed by atoms with E-state index in [1.807, 2.05) is 13.0 Å². The van der Waals surface area contributed by atoms with E-state index in [0.29, 0.717) is 28.4 Å². The Morgan fingerprint density at radius 3 is 2.69 bits per heavy atom. The Labute approximate surface area is 186 Å². The number of benzene rings is 2. The molecule has 10 nitrogen and oxygen atoms in total. The van der Waals surface area contributed by atoms with Crippen LogP contribution in [0.15, 0.2) is 46.3 Å². The predicted octanol–water partition coefficient (Wildman–Crippen LogP) is 2.56. The Morgan fingerprint density at radius 2 is 1.91 bits per heavy atom. The van der Waals surface area contributed by atoms with Gasteiger partial charge in [0.1, 0.15) is 0 Å². The normalized spacial score (nSPS) is 11.8. The average Bonchev–Trinajstić information content (AvgIpc) is 3.21. The highest BCUT2D eigenvalue weighted by atomic mass is 32.2. The third kappa shape index (κ3) is 4.89. The molecule has 0 bridgehead atoms. The lowest BCUT2D eigenvalue weighted by Crippen LogP contribution is -2.18. The van der Waals surface area contributed by atoms with Gasteiger partial charge in [0.25, 0.3) is 5.56 Å². The molecule has 0 spiro atoms. The van der Waals surface area contributed by atoms with Crippen LogP contribution in [0.2, 0.25) is 0 Å². The van der Waals surface area contributed by atoms with Crippen molar-refractivity contribution < 1.29 is 19.1 Å². The van der Waals surface area contributed by atoms with Gasteiger partial charge >= 0.3 is 0 Å². The first-order valence-electron chi connectivity index (χ1n) is 9.57. The molecule has 0 atom stereocenters. The molecule has 0 saturated heterocycles. The van der Waals surface area contributed by atoms with Gasteiger partial charge in [-0.15, -0.1) is 10.2 Å². The molecule has 0 radical (unpaired) electrons. The molecule has 2 amide bonds. The van der Waals surface area contributed by atoms with E-state index in [0.717, 1.165) is 17.3 Å². The minimum Gasteiger partial charge on any atom is -0.454 e. The molecular formula is C21H19N5O5S. The summed E-state index contributed by atoms with van der Waals surface area (Å²) in [4.78, 5) is 39.0. The fraction of sp³-hybridized carbons (Fsp3) is 0.190. The van der Waals surface area contributed by atoms with Crippen molar-refractivity contribution in [3.05, 3.63) is 52.3 Å². The SMILES string of the molecule is CC(=O)Nc1ccc(C)cc1-c1nnc(SCC(=O)Nc2ccc3c(c2)OCO3)[nH]c1=O. The summed E-state index contributed by atoms with van der Waals surface area (Å²) >= 11 is 1.04. The zero-order valence-electron chi connectivity index (χ0n) is 17.2. The second-order valence-corrected chi connectivity index (χ2v) is 7.91. The van der Waals surface area contributed by atoms with Crippen LogP contribution in [0.25, 0.3) is 11.3 Å². The van der Waals surface area contributed by atoms with Gasteiger partial charge in [-0.1, -0.05) is 23.4 Å². The summed E-state index contributed by atoms with van der Waals surface area (Å²) in [5, 5.41) is 13.7. The van der Waals surface area contributed by atoms with Crippen LogP contribution < -0.4 is 25.7 Å². The van der Waals surface area contributed by atoms with E-state index in [1.54, 1.807) is 30.3 Å². The number of carbonyl (C=O) groups excluding carboxylic acids is 2. The molecule has 3 N–H and O–H groups in total. The second-order valence-electron chi connectivity index (χ2n) is 6.94. The second kappa shape index (κ2) is 9.10. The van der Waals surface area contributed by atoms with E-state index >= 15 is 0 Å². The van der Waals surface area contributed by atoms with Crippen LogP contribution in [0, 0.1) is 6.92 Å². The van der Waals surface area contributed by atoms with Gasteiger partial charge in [0.05, 0.1) is 11.4 Å². The topological polar surface area (TPSA) is 135 Å². The number of hydrogen-bond donors (Lipinski definition) is 3. The fourth-order valence-corrected chi connectivity index (χ4v) is 3.62. The zero-order valence-corrected chi connectivity index (χ0v) is 18.0. The molecule has 2 aromatic carbocycles. The van der Waals surface area contributed by atoms with E-state index in [2.05, 4.69) is 25.8 Å². The van der Waals surface area contributed by atoms with Gasteiger partial charge in [-0.3, -0.25) is 19.4 Å². The summed E-state index contributed by atoms with van der Waals surface area (Å²) < 4.78 is 10.5. The van der Waals surface area contributed by atoms with Gasteiger partial charge in [0.2, 0.25) is 18.6 Å². The van der Waals surface area contributed by atoms with Crippen LogP contribution in [0.1, 0.15) is 12.5 Å². The summed E-state index contributed by atoms with van der Waals surface area (Å²) in [6.07, 6.45) is 0. The maximum atomic E-state index is 12.6. The van der Waals surface area contributed by atoms with Crippen molar-refractivity contribution in [3.63, 3.8) is 0 Å². The van der Waals surface area contributed by atoms with Gasteiger partial charge in [0.15, 0.2) is 22.3 Å². The van der Waals surface area contributed by atoms with Crippen molar-refractivity contribution in [1.29, 1.82) is 0 Å². The van der Waals surface area contributed by atoms with E-state index < -0.39 is 5.56 Å². The van der Waals surface area contributed by atoms with Crippen LogP contribution in [-0.4, -0.2) is 39.5 Å². The molecule has 0 fully saturated rings. The molecule has 0 saturated carbocycles. The number of rotatable bonds is 6. The van der Waals surface area contributed by atoms with E-state index in [4.69, 9.17) is 9.47 Å². The maximum Gasteiger partial charge on any atom is 0.278 e. The summed E-state index contributed by atoms with van der Waals surface area (Å²) in [6.45, 7) is 3.40. The smallest absolute Gasteiger partial charge is 0.278 e. The first kappa shape index (κ1) is 21.4. The highest BCUT2D eigenvalue weighted by Crippen LogP contribution is 2.34. The van der Waals surface area contributed by atoms with Crippen LogP contribution in [-0.2, 0) is 9.59 Å². The number of fused-ring (bicyclic) bond motifs is 1.